The van der Waals surface area contributed by atoms with E-state index >= 15 is 0 Å². The third kappa shape index (κ3) is 2.30. The van der Waals surface area contributed by atoms with Crippen molar-refractivity contribution >= 4 is 11.9 Å². The molecule has 1 aromatic rings. The summed E-state index contributed by atoms with van der Waals surface area (Å²) in [6, 6.07) is 5.90. The van der Waals surface area contributed by atoms with E-state index in [0.29, 0.717) is 0 Å². The molecule has 0 saturated carbocycles. The number of ether oxygens (including phenoxy) is 1. The van der Waals surface area contributed by atoms with Gasteiger partial charge in [-0.1, -0.05) is 12.1 Å². The first-order valence-corrected chi connectivity index (χ1v) is 3.57. The van der Waals surface area contributed by atoms with Crippen LogP contribution in [0.4, 0.5) is 0 Å². The summed E-state index contributed by atoms with van der Waals surface area (Å²) in [6.07, 6.45) is 0. The average molecular weight is 197 g/mol. The highest BCUT2D eigenvalue weighted by molar-refractivity contribution is 6.02. The minimum absolute atomic E-state index is 0. The number of rotatable bonds is 2. The lowest BCUT2D eigenvalue weighted by Crippen LogP contribution is -2.09. The van der Waals surface area contributed by atoms with E-state index in [1.807, 2.05) is 0 Å². The van der Waals surface area contributed by atoms with Gasteiger partial charge in [-0.3, -0.25) is 0 Å². The first kappa shape index (κ1) is 12.1. The Morgan fingerprint density at radius 1 is 1.21 bits per heavy atom. The van der Waals surface area contributed by atoms with E-state index in [4.69, 9.17) is 5.11 Å². The minimum atomic E-state index is -1.14. The Kier molecular flexibility index (Phi) is 4.31. The standard InChI is InChI=1S/C9H8O4.H3N/c1-13-9(12)7-5-3-2-4-6(7)8(10)11;/h2-5H,1H3,(H,10,11);1H3. The molecule has 0 aliphatic rings. The highest BCUT2D eigenvalue weighted by Crippen LogP contribution is 2.09. The van der Waals surface area contributed by atoms with Gasteiger partial charge in [-0.15, -0.1) is 0 Å². The fourth-order valence-electron chi connectivity index (χ4n) is 0.958. The molecule has 0 spiro atoms. The van der Waals surface area contributed by atoms with Gasteiger partial charge < -0.3 is 16.0 Å². The van der Waals surface area contributed by atoms with Crippen LogP contribution in [0.25, 0.3) is 0 Å². The van der Waals surface area contributed by atoms with Crippen molar-refractivity contribution in [3.63, 3.8) is 0 Å². The number of aromatic carboxylic acids is 1. The van der Waals surface area contributed by atoms with E-state index in [-0.39, 0.29) is 17.3 Å². The zero-order chi connectivity index (χ0) is 9.84. The van der Waals surface area contributed by atoms with Crippen LogP contribution in [0.1, 0.15) is 20.7 Å². The number of carbonyl (C=O) groups is 2. The van der Waals surface area contributed by atoms with Gasteiger partial charge in [0, 0.05) is 0 Å². The number of hydrogen-bond donors (Lipinski definition) is 2. The highest BCUT2D eigenvalue weighted by atomic mass is 16.5. The number of carboxylic acids is 1. The second kappa shape index (κ2) is 4.98. The highest BCUT2D eigenvalue weighted by Gasteiger charge is 2.15. The molecule has 1 rings (SSSR count). The zero-order valence-corrected chi connectivity index (χ0v) is 7.69. The van der Waals surface area contributed by atoms with Crippen molar-refractivity contribution in [1.29, 1.82) is 0 Å². The fraction of sp³-hybridized carbons (Fsp3) is 0.111. The molecule has 1 aromatic carbocycles. The lowest BCUT2D eigenvalue weighted by molar-refractivity contribution is 0.0582. The maximum Gasteiger partial charge on any atom is 0.338 e. The Hall–Kier alpha value is -1.88. The molecule has 0 unspecified atom stereocenters. The quantitative estimate of drug-likeness (QED) is 0.697. The number of carboxylic acid groups (broad SMARTS) is 1. The van der Waals surface area contributed by atoms with Crippen LogP contribution >= 0.6 is 0 Å². The van der Waals surface area contributed by atoms with Gasteiger partial charge in [0.15, 0.2) is 0 Å². The summed E-state index contributed by atoms with van der Waals surface area (Å²) in [7, 11) is 1.21. The number of benzene rings is 1. The Morgan fingerprint density at radius 3 is 2.14 bits per heavy atom. The monoisotopic (exact) mass is 197 g/mol. The normalized spacial score (nSPS) is 8.64. The lowest BCUT2D eigenvalue weighted by Gasteiger charge is -2.02. The lowest BCUT2D eigenvalue weighted by atomic mass is 10.1. The summed E-state index contributed by atoms with van der Waals surface area (Å²) in [6.45, 7) is 0. The first-order valence-electron chi connectivity index (χ1n) is 3.57. The summed E-state index contributed by atoms with van der Waals surface area (Å²) in [4.78, 5) is 21.7. The molecule has 5 nitrogen and oxygen atoms in total. The molecule has 0 aromatic heterocycles. The third-order valence-corrected chi connectivity index (χ3v) is 1.56. The second-order valence-corrected chi connectivity index (χ2v) is 2.34. The van der Waals surface area contributed by atoms with Gasteiger partial charge in [-0.25, -0.2) is 9.59 Å². The molecule has 0 heterocycles. The minimum Gasteiger partial charge on any atom is -0.478 e. The summed E-state index contributed by atoms with van der Waals surface area (Å²) in [5.74, 6) is -1.78. The van der Waals surface area contributed by atoms with Crippen LogP contribution in [0.3, 0.4) is 0 Å². The molecule has 0 radical (unpaired) electrons. The van der Waals surface area contributed by atoms with E-state index in [0.717, 1.165) is 0 Å². The van der Waals surface area contributed by atoms with Crippen molar-refractivity contribution in [3.05, 3.63) is 35.4 Å². The van der Waals surface area contributed by atoms with Gasteiger partial charge in [-0.05, 0) is 12.1 Å². The summed E-state index contributed by atoms with van der Waals surface area (Å²) in [5, 5.41) is 8.70. The predicted octanol–water partition coefficient (Wildman–Crippen LogP) is 1.33. The van der Waals surface area contributed by atoms with Crippen molar-refractivity contribution < 1.29 is 19.4 Å². The number of carbonyl (C=O) groups excluding carboxylic acids is 1. The van der Waals surface area contributed by atoms with Gasteiger partial charge in [-0.2, -0.15) is 0 Å². The van der Waals surface area contributed by atoms with Crippen LogP contribution in [-0.2, 0) is 4.74 Å². The van der Waals surface area contributed by atoms with Crippen molar-refractivity contribution in [2.75, 3.05) is 7.11 Å². The molecule has 0 amide bonds. The van der Waals surface area contributed by atoms with Gasteiger partial charge >= 0.3 is 11.9 Å². The number of hydrogen-bond acceptors (Lipinski definition) is 4. The van der Waals surface area contributed by atoms with Crippen LogP contribution in [0.5, 0.6) is 0 Å². The molecule has 4 N–H and O–H groups in total. The van der Waals surface area contributed by atoms with Gasteiger partial charge in [0.05, 0.1) is 18.2 Å². The van der Waals surface area contributed by atoms with Crippen LogP contribution in [0, 0.1) is 0 Å². The topological polar surface area (TPSA) is 98.6 Å². The Bertz CT molecular complexity index is 348. The molecule has 76 valence electrons. The smallest absolute Gasteiger partial charge is 0.338 e. The molecular weight excluding hydrogens is 186 g/mol. The van der Waals surface area contributed by atoms with Gasteiger partial charge in [0.1, 0.15) is 0 Å². The largest absolute Gasteiger partial charge is 0.478 e. The Balaban J connectivity index is 0.00000169. The van der Waals surface area contributed by atoms with E-state index in [9.17, 15) is 9.59 Å². The van der Waals surface area contributed by atoms with Gasteiger partial charge in [0.2, 0.25) is 0 Å². The zero-order valence-electron chi connectivity index (χ0n) is 7.69. The molecule has 0 aliphatic carbocycles. The maximum atomic E-state index is 11.1. The molecule has 0 atom stereocenters. The van der Waals surface area contributed by atoms with E-state index in [1.165, 1.54) is 19.2 Å². The Morgan fingerprint density at radius 2 is 1.71 bits per heavy atom. The molecule has 0 bridgehead atoms. The van der Waals surface area contributed by atoms with Crippen molar-refractivity contribution in [3.8, 4) is 0 Å². The van der Waals surface area contributed by atoms with E-state index < -0.39 is 11.9 Å². The molecular formula is C9H11NO4. The SMILES string of the molecule is COC(=O)c1ccccc1C(=O)O.N. The summed E-state index contributed by atoms with van der Waals surface area (Å²) in [5.41, 5.74) is 0.0202. The maximum absolute atomic E-state index is 11.1. The first-order chi connectivity index (χ1) is 6.16. The molecule has 0 fully saturated rings. The molecule has 5 heteroatoms. The summed E-state index contributed by atoms with van der Waals surface area (Å²) < 4.78 is 4.42. The van der Waals surface area contributed by atoms with Crippen molar-refractivity contribution in [2.45, 2.75) is 0 Å². The molecule has 0 aliphatic heterocycles. The second-order valence-electron chi connectivity index (χ2n) is 2.34. The summed E-state index contributed by atoms with van der Waals surface area (Å²) >= 11 is 0. The average Bonchev–Trinajstić information content (AvgIpc) is 2.16. The number of esters is 1. The van der Waals surface area contributed by atoms with E-state index in [2.05, 4.69) is 4.74 Å². The molecule has 0 saturated heterocycles. The van der Waals surface area contributed by atoms with Crippen LogP contribution in [0.2, 0.25) is 0 Å². The van der Waals surface area contributed by atoms with Gasteiger partial charge in [0.25, 0.3) is 0 Å². The van der Waals surface area contributed by atoms with Crippen LogP contribution < -0.4 is 6.15 Å². The predicted molar refractivity (Wildman–Crippen MR) is 49.8 cm³/mol. The van der Waals surface area contributed by atoms with Crippen LogP contribution in [-0.4, -0.2) is 24.2 Å². The third-order valence-electron chi connectivity index (χ3n) is 1.56. The number of methoxy groups -OCH3 is 1. The molecule has 14 heavy (non-hydrogen) atoms. The van der Waals surface area contributed by atoms with Crippen molar-refractivity contribution in [1.82, 2.24) is 6.15 Å². The fourth-order valence-corrected chi connectivity index (χ4v) is 0.958. The van der Waals surface area contributed by atoms with E-state index in [1.54, 1.807) is 12.1 Å². The Labute approximate surface area is 80.9 Å². The van der Waals surface area contributed by atoms with Crippen LogP contribution in [0.15, 0.2) is 24.3 Å². The van der Waals surface area contributed by atoms with Crippen molar-refractivity contribution in [2.24, 2.45) is 0 Å².